The Morgan fingerprint density at radius 3 is 2.16 bits per heavy atom. The zero-order chi connectivity index (χ0) is 39.6. The van der Waals surface area contributed by atoms with Gasteiger partial charge in [-0.25, -0.2) is 9.59 Å². The number of rotatable bonds is 15. The zero-order valence-corrected chi connectivity index (χ0v) is 32.1. The highest BCUT2D eigenvalue weighted by molar-refractivity contribution is 6.30. The van der Waals surface area contributed by atoms with E-state index in [0.29, 0.717) is 51.1 Å². The molecule has 1 heterocycles. The van der Waals surface area contributed by atoms with Crippen LogP contribution in [0.4, 0.5) is 4.79 Å². The lowest BCUT2D eigenvalue weighted by molar-refractivity contribution is -0.135. The molecule has 14 heteroatoms. The lowest BCUT2D eigenvalue weighted by Gasteiger charge is -2.26. The van der Waals surface area contributed by atoms with Crippen LogP contribution < -0.4 is 29.0 Å². The molecule has 0 aliphatic carbocycles. The first kappa shape index (κ1) is 40.2. The smallest absolute Gasteiger partial charge is 0.339 e. The Balaban J connectivity index is 1.45. The summed E-state index contributed by atoms with van der Waals surface area (Å²) in [6.45, 7) is 1.36. The predicted molar refractivity (Wildman–Crippen MR) is 204 cm³/mol. The van der Waals surface area contributed by atoms with E-state index in [0.717, 1.165) is 10.5 Å². The van der Waals surface area contributed by atoms with Crippen molar-refractivity contribution < 1.29 is 48.0 Å². The van der Waals surface area contributed by atoms with E-state index >= 15 is 0 Å². The number of methoxy groups -OCH3 is 4. The van der Waals surface area contributed by atoms with Gasteiger partial charge in [0.15, 0.2) is 0 Å². The molecule has 1 saturated heterocycles. The number of aromatic carboxylic acids is 1. The van der Waals surface area contributed by atoms with Gasteiger partial charge in [-0.1, -0.05) is 54.9 Å². The van der Waals surface area contributed by atoms with Gasteiger partial charge in [-0.05, 0) is 59.9 Å². The van der Waals surface area contributed by atoms with E-state index in [4.69, 9.17) is 35.3 Å². The van der Waals surface area contributed by atoms with Gasteiger partial charge >= 0.3 is 12.0 Å². The van der Waals surface area contributed by atoms with Crippen molar-refractivity contribution in [3.63, 3.8) is 0 Å². The van der Waals surface area contributed by atoms with E-state index in [1.807, 2.05) is 37.3 Å². The van der Waals surface area contributed by atoms with Crippen molar-refractivity contribution in [2.24, 2.45) is 5.92 Å². The van der Waals surface area contributed by atoms with E-state index in [9.17, 15) is 24.3 Å². The van der Waals surface area contributed by atoms with Crippen LogP contribution in [0.3, 0.4) is 0 Å². The molecule has 1 aliphatic heterocycles. The summed E-state index contributed by atoms with van der Waals surface area (Å²) in [7, 11) is 5.99. The summed E-state index contributed by atoms with van der Waals surface area (Å²) in [6, 6.07) is 20.8. The molecular formula is C41H44ClN3O10. The van der Waals surface area contributed by atoms with E-state index in [1.165, 1.54) is 39.4 Å². The van der Waals surface area contributed by atoms with Gasteiger partial charge < -0.3 is 39.0 Å². The number of halogens is 1. The first-order chi connectivity index (χ1) is 26.5. The third-order valence-electron chi connectivity index (χ3n) is 9.40. The summed E-state index contributed by atoms with van der Waals surface area (Å²) in [4.78, 5) is 57.2. The Morgan fingerprint density at radius 1 is 0.873 bits per heavy atom. The van der Waals surface area contributed by atoms with Crippen LogP contribution in [0.15, 0.2) is 78.9 Å². The van der Waals surface area contributed by atoms with Crippen LogP contribution in [-0.2, 0) is 29.2 Å². The molecule has 4 amide bonds. The van der Waals surface area contributed by atoms with Crippen LogP contribution in [0.1, 0.15) is 52.0 Å². The number of nitrogens with one attached hydrogen (secondary N) is 1. The topological polar surface area (TPSA) is 153 Å². The van der Waals surface area contributed by atoms with Gasteiger partial charge in [0, 0.05) is 23.7 Å². The fourth-order valence-corrected chi connectivity index (χ4v) is 6.69. The van der Waals surface area contributed by atoms with Crippen molar-refractivity contribution in [3.05, 3.63) is 112 Å². The standard InChI is InChI=1S/C41H44ClN3O10/c1-6-33(26-12-14-35(31(18-26)40(48)49)55-24-25-10-8-7-9-11-25)43-41(50)45-23-38(46)44(22-32-36(53-4)19-30(51-2)20-37(32)54-5)21-28(39(45)47)16-27-17-29(42)13-15-34(27)52-3/h7-15,17-20,28,33H,6,16,21-24H2,1-5H3,(H,43,50)(H,48,49)/t28-,33+/m1/s1. The fourth-order valence-electron chi connectivity index (χ4n) is 6.49. The van der Waals surface area contributed by atoms with Gasteiger partial charge in [0.05, 0.1) is 52.5 Å². The second-order valence-electron chi connectivity index (χ2n) is 12.8. The largest absolute Gasteiger partial charge is 0.496 e. The number of carbonyl (C=O) groups is 4. The Kier molecular flexibility index (Phi) is 13.5. The molecule has 1 fully saturated rings. The van der Waals surface area contributed by atoms with Gasteiger partial charge in [0.25, 0.3) is 0 Å². The number of imide groups is 1. The zero-order valence-electron chi connectivity index (χ0n) is 31.3. The SMILES string of the molecule is CC[C@H](NC(=O)N1CC(=O)N(Cc2c(OC)cc(OC)cc2OC)C[C@@H](Cc2cc(Cl)ccc2OC)C1=O)c1ccc(OCc2ccccc2)c(C(=O)O)c1. The van der Waals surface area contributed by atoms with E-state index < -0.39 is 42.3 Å². The van der Waals surface area contributed by atoms with Crippen LogP contribution >= 0.6 is 11.6 Å². The minimum atomic E-state index is -1.20. The number of urea groups is 1. The molecule has 2 N–H and O–H groups in total. The van der Waals surface area contributed by atoms with Crippen molar-refractivity contribution in [1.29, 1.82) is 0 Å². The first-order valence-electron chi connectivity index (χ1n) is 17.5. The summed E-state index contributed by atoms with van der Waals surface area (Å²) in [5.41, 5.74) is 2.42. The number of carboxylic acids is 1. The maximum atomic E-state index is 14.4. The highest BCUT2D eigenvalue weighted by Crippen LogP contribution is 2.36. The average molecular weight is 774 g/mol. The van der Waals surface area contributed by atoms with Crippen LogP contribution in [0.5, 0.6) is 28.7 Å². The second kappa shape index (κ2) is 18.4. The average Bonchev–Trinajstić information content (AvgIpc) is 3.31. The third-order valence-corrected chi connectivity index (χ3v) is 9.64. The minimum absolute atomic E-state index is 0.00463. The molecule has 2 atom stereocenters. The van der Waals surface area contributed by atoms with Gasteiger partial charge in [-0.15, -0.1) is 0 Å². The molecule has 5 rings (SSSR count). The number of carbonyl (C=O) groups excluding carboxylic acids is 3. The number of benzene rings is 4. The molecule has 4 aromatic rings. The van der Waals surface area contributed by atoms with Crippen molar-refractivity contribution in [3.8, 4) is 28.7 Å². The summed E-state index contributed by atoms with van der Waals surface area (Å²) in [6.07, 6.45) is 0.438. The van der Waals surface area contributed by atoms with Gasteiger partial charge in [-0.3, -0.25) is 14.5 Å². The van der Waals surface area contributed by atoms with Gasteiger partial charge in [-0.2, -0.15) is 0 Å². The molecule has 1 aliphatic rings. The molecule has 0 spiro atoms. The van der Waals surface area contributed by atoms with E-state index in [-0.39, 0.29) is 37.4 Å². The van der Waals surface area contributed by atoms with Crippen LogP contribution in [0.2, 0.25) is 5.02 Å². The van der Waals surface area contributed by atoms with E-state index in [1.54, 1.807) is 42.5 Å². The molecule has 0 aromatic heterocycles. The molecule has 0 radical (unpaired) electrons. The van der Waals surface area contributed by atoms with Gasteiger partial charge in [0.2, 0.25) is 11.8 Å². The van der Waals surface area contributed by atoms with Crippen LogP contribution in [0, 0.1) is 5.92 Å². The molecule has 290 valence electrons. The molecule has 0 unspecified atom stereocenters. The lowest BCUT2D eigenvalue weighted by Crippen LogP contribution is -2.48. The summed E-state index contributed by atoms with van der Waals surface area (Å²) in [5, 5.41) is 13.3. The van der Waals surface area contributed by atoms with Crippen molar-refractivity contribution >= 4 is 35.4 Å². The normalized spacial score (nSPS) is 14.8. The highest BCUT2D eigenvalue weighted by atomic mass is 35.5. The molecule has 4 aromatic carbocycles. The monoisotopic (exact) mass is 773 g/mol. The van der Waals surface area contributed by atoms with Crippen molar-refractivity contribution in [1.82, 2.24) is 15.1 Å². The maximum Gasteiger partial charge on any atom is 0.339 e. The second-order valence-corrected chi connectivity index (χ2v) is 13.2. The summed E-state index contributed by atoms with van der Waals surface area (Å²) >= 11 is 6.35. The number of carboxylic acid groups (broad SMARTS) is 1. The Morgan fingerprint density at radius 2 is 1.55 bits per heavy atom. The summed E-state index contributed by atoms with van der Waals surface area (Å²) in [5.74, 6) is -1.23. The quantitative estimate of drug-likeness (QED) is 0.136. The number of amides is 4. The lowest BCUT2D eigenvalue weighted by atomic mass is 9.96. The van der Waals surface area contributed by atoms with E-state index in [2.05, 4.69) is 5.32 Å². The fraction of sp³-hybridized carbons (Fsp3) is 0.317. The highest BCUT2D eigenvalue weighted by Gasteiger charge is 2.39. The van der Waals surface area contributed by atoms with Crippen molar-refractivity contribution in [2.45, 2.75) is 39.0 Å². The number of hydrogen-bond donors (Lipinski definition) is 2. The first-order valence-corrected chi connectivity index (χ1v) is 17.9. The van der Waals surface area contributed by atoms with Gasteiger partial charge in [0.1, 0.15) is 47.5 Å². The number of hydrogen-bond acceptors (Lipinski definition) is 9. The Labute approximate surface area is 324 Å². The number of nitrogens with zero attached hydrogens (tertiary/aromatic N) is 2. The number of ether oxygens (including phenoxy) is 5. The maximum absolute atomic E-state index is 14.4. The molecule has 13 nitrogen and oxygen atoms in total. The van der Waals surface area contributed by atoms with Crippen LogP contribution in [-0.4, -0.2) is 80.2 Å². The molecular weight excluding hydrogens is 730 g/mol. The molecule has 55 heavy (non-hydrogen) atoms. The third kappa shape index (κ3) is 9.60. The van der Waals surface area contributed by atoms with Crippen LogP contribution in [0.25, 0.3) is 0 Å². The summed E-state index contributed by atoms with van der Waals surface area (Å²) < 4.78 is 28.1. The van der Waals surface area contributed by atoms with Crippen molar-refractivity contribution in [2.75, 3.05) is 41.5 Å². The molecule has 0 saturated carbocycles. The molecule has 0 bridgehead atoms. The minimum Gasteiger partial charge on any atom is -0.496 e. The Hall–Kier alpha value is -5.95. The predicted octanol–water partition coefficient (Wildman–Crippen LogP) is 6.54. The Bertz CT molecular complexity index is 2000.